The molecule has 0 bridgehead atoms. The minimum atomic E-state index is -4.95. The van der Waals surface area contributed by atoms with Gasteiger partial charge in [-0.3, -0.25) is 0 Å². The summed E-state index contributed by atoms with van der Waals surface area (Å²) >= 11 is 0. The second-order valence-electron chi connectivity index (χ2n) is 6.59. The third-order valence-electron chi connectivity index (χ3n) is 4.06. The van der Waals surface area contributed by atoms with Crippen LogP contribution in [0.25, 0.3) is 11.1 Å². The first-order chi connectivity index (χ1) is 15.5. The third kappa shape index (κ3) is 8.34. The Hall–Kier alpha value is -3.21. The number of ether oxygens (including phenoxy) is 1. The second kappa shape index (κ2) is 11.6. The molecule has 0 amide bonds. The molecule has 0 fully saturated rings. The van der Waals surface area contributed by atoms with E-state index in [-0.39, 0.29) is 24.6 Å². The Morgan fingerprint density at radius 2 is 1.52 bits per heavy atom. The van der Waals surface area contributed by atoms with Crippen molar-refractivity contribution in [3.8, 4) is 22.6 Å². The van der Waals surface area contributed by atoms with E-state index in [0.717, 1.165) is 48.7 Å². The maximum absolute atomic E-state index is 13.9. The van der Waals surface area contributed by atoms with Crippen molar-refractivity contribution >= 4 is 7.69 Å². The highest BCUT2D eigenvalue weighted by atomic mass is 19.4. The van der Waals surface area contributed by atoms with Crippen LogP contribution in [0.5, 0.6) is 11.5 Å². The Kier molecular flexibility index (Phi) is 9.16. The molecule has 3 aromatic rings. The fourth-order valence-corrected chi connectivity index (χ4v) is 2.77. The molecule has 0 saturated heterocycles. The Labute approximate surface area is 185 Å². The lowest BCUT2D eigenvalue weighted by molar-refractivity contribution is -0.275. The van der Waals surface area contributed by atoms with Gasteiger partial charge < -0.3 is 14.4 Å². The van der Waals surface area contributed by atoms with Crippen LogP contribution < -0.4 is 9.39 Å². The molecule has 0 unspecified atom stereocenters. The molecule has 3 rings (SSSR count). The van der Waals surface area contributed by atoms with Gasteiger partial charge in [0.2, 0.25) is 0 Å². The molecule has 0 aromatic heterocycles. The summed E-state index contributed by atoms with van der Waals surface area (Å²) in [7, 11) is 0.277. The summed E-state index contributed by atoms with van der Waals surface area (Å²) in [5.41, 5.74) is 1.32. The number of aryl methyl sites for hydroxylation is 1. The molecule has 0 heterocycles. The zero-order valence-electron chi connectivity index (χ0n) is 17.1. The van der Waals surface area contributed by atoms with Crippen molar-refractivity contribution in [1.82, 2.24) is 0 Å². The van der Waals surface area contributed by atoms with Crippen molar-refractivity contribution in [2.75, 3.05) is 0 Å². The minimum Gasteiger partial charge on any atom is -0.537 e. The molecular formula is C22H17BF7O3. The average Bonchev–Trinajstić information content (AvgIpc) is 2.69. The first-order valence-electron chi connectivity index (χ1n) is 9.45. The summed E-state index contributed by atoms with van der Waals surface area (Å²) in [6.45, 7) is 2.01. The molecule has 0 saturated carbocycles. The van der Waals surface area contributed by atoms with E-state index in [2.05, 4.69) is 9.39 Å². The van der Waals surface area contributed by atoms with Gasteiger partial charge in [0.15, 0.2) is 11.6 Å². The van der Waals surface area contributed by atoms with E-state index < -0.39 is 35.4 Å². The molecule has 0 spiro atoms. The van der Waals surface area contributed by atoms with Crippen LogP contribution >= 0.6 is 0 Å². The second-order valence-corrected chi connectivity index (χ2v) is 6.59. The van der Waals surface area contributed by atoms with Gasteiger partial charge in [0.1, 0.15) is 23.2 Å². The summed E-state index contributed by atoms with van der Waals surface area (Å²) in [4.78, 5) is 0. The predicted molar refractivity (Wildman–Crippen MR) is 107 cm³/mol. The lowest BCUT2D eigenvalue weighted by Crippen LogP contribution is -2.18. The van der Waals surface area contributed by atoms with Crippen LogP contribution in [-0.2, 0) is 6.42 Å². The summed E-state index contributed by atoms with van der Waals surface area (Å²) in [5, 5.41) is 8.19. The van der Waals surface area contributed by atoms with Crippen molar-refractivity contribution in [3.63, 3.8) is 0 Å². The topological polar surface area (TPSA) is 38.7 Å². The van der Waals surface area contributed by atoms with Crippen LogP contribution in [0.2, 0.25) is 0 Å². The van der Waals surface area contributed by atoms with Crippen LogP contribution in [0.15, 0.2) is 54.6 Å². The molecule has 0 aliphatic heterocycles. The summed E-state index contributed by atoms with van der Waals surface area (Å²) in [6.07, 6.45) is -3.24. The third-order valence-corrected chi connectivity index (χ3v) is 4.06. The number of halogens is 7. The lowest BCUT2D eigenvalue weighted by atomic mass is 10.0. The van der Waals surface area contributed by atoms with Gasteiger partial charge >= 0.3 is 14.0 Å². The fourth-order valence-electron chi connectivity index (χ4n) is 2.77. The van der Waals surface area contributed by atoms with Gasteiger partial charge in [-0.1, -0.05) is 25.5 Å². The number of alkyl halides is 3. The minimum absolute atomic E-state index is 0.149. The molecule has 0 atom stereocenters. The molecule has 0 aliphatic rings. The van der Waals surface area contributed by atoms with Gasteiger partial charge in [0.25, 0.3) is 0 Å². The summed E-state index contributed by atoms with van der Waals surface area (Å²) in [6, 6.07) is 10.2. The quantitative estimate of drug-likeness (QED) is 0.335. The molecule has 1 radical (unpaired) electrons. The Bertz CT molecular complexity index is 1050. The highest BCUT2D eigenvalue weighted by Gasteiger charge is 2.32. The van der Waals surface area contributed by atoms with Crippen molar-refractivity contribution in [2.45, 2.75) is 26.1 Å². The fraction of sp³-hybridized carbons (Fsp3) is 0.182. The highest BCUT2D eigenvalue weighted by Crippen LogP contribution is 2.28. The SMILES string of the molecule is CCCc1ccc(-c2cc(F)cc(F)c2)c(F)c1.O[B]Oc1ccc(OC(F)(F)F)c(F)c1. The largest absolute Gasteiger partial charge is 0.573 e. The molecule has 0 aliphatic carbocycles. The summed E-state index contributed by atoms with van der Waals surface area (Å²) < 4.78 is 95.7. The standard InChI is InChI=1S/C15H13F3.C7H4BF4O3/c1-2-3-10-4-5-14(15(18)6-10)11-7-12(16)9-13(17)8-11;9-5-3-4(15-8-13)1-2-6(5)14-7(10,11)12/h4-9H,2-3H2,1H3;1-3,13H. The van der Waals surface area contributed by atoms with Gasteiger partial charge in [0, 0.05) is 17.7 Å². The summed E-state index contributed by atoms with van der Waals surface area (Å²) in [5.74, 6) is -4.22. The normalized spacial score (nSPS) is 10.8. The van der Waals surface area contributed by atoms with Crippen LogP contribution in [0.3, 0.4) is 0 Å². The van der Waals surface area contributed by atoms with Crippen LogP contribution in [0, 0.1) is 23.3 Å². The van der Waals surface area contributed by atoms with Crippen LogP contribution in [0.1, 0.15) is 18.9 Å². The Morgan fingerprint density at radius 1 is 0.848 bits per heavy atom. The van der Waals surface area contributed by atoms with E-state index in [9.17, 15) is 30.7 Å². The lowest BCUT2D eigenvalue weighted by Gasteiger charge is -2.10. The first kappa shape index (κ1) is 26.1. The number of benzene rings is 3. The van der Waals surface area contributed by atoms with Crippen molar-refractivity contribution in [1.29, 1.82) is 0 Å². The molecule has 1 N–H and O–H groups in total. The number of rotatable bonds is 6. The van der Waals surface area contributed by atoms with E-state index in [1.165, 1.54) is 6.07 Å². The highest BCUT2D eigenvalue weighted by molar-refractivity contribution is 6.17. The Balaban J connectivity index is 0.000000238. The molecule has 175 valence electrons. The van der Waals surface area contributed by atoms with Gasteiger partial charge in [-0.2, -0.15) is 0 Å². The predicted octanol–water partition coefficient (Wildman–Crippen LogP) is 6.35. The van der Waals surface area contributed by atoms with E-state index in [1.54, 1.807) is 12.1 Å². The maximum atomic E-state index is 13.9. The van der Waals surface area contributed by atoms with Crippen molar-refractivity contribution < 1.29 is 45.1 Å². The van der Waals surface area contributed by atoms with E-state index in [1.807, 2.05) is 6.92 Å². The van der Waals surface area contributed by atoms with Crippen molar-refractivity contribution in [2.24, 2.45) is 0 Å². The molecule has 33 heavy (non-hydrogen) atoms. The van der Waals surface area contributed by atoms with Gasteiger partial charge in [-0.05, 0) is 47.9 Å². The number of hydrogen-bond acceptors (Lipinski definition) is 3. The molecular weight excluding hydrogens is 456 g/mol. The van der Waals surface area contributed by atoms with Gasteiger partial charge in [-0.15, -0.1) is 13.2 Å². The van der Waals surface area contributed by atoms with Gasteiger partial charge in [0.05, 0.1) is 0 Å². The van der Waals surface area contributed by atoms with Crippen LogP contribution in [0.4, 0.5) is 30.7 Å². The molecule has 3 aromatic carbocycles. The Morgan fingerprint density at radius 3 is 2.03 bits per heavy atom. The molecule has 3 nitrogen and oxygen atoms in total. The first-order valence-corrected chi connectivity index (χ1v) is 9.45. The van der Waals surface area contributed by atoms with E-state index >= 15 is 0 Å². The molecule has 11 heteroatoms. The smallest absolute Gasteiger partial charge is 0.537 e. The number of hydrogen-bond donors (Lipinski definition) is 1. The maximum Gasteiger partial charge on any atom is 0.573 e. The van der Waals surface area contributed by atoms with E-state index in [0.29, 0.717) is 6.07 Å². The zero-order chi connectivity index (χ0) is 24.6. The monoisotopic (exact) mass is 473 g/mol. The van der Waals surface area contributed by atoms with Gasteiger partial charge in [-0.25, -0.2) is 17.6 Å². The average molecular weight is 473 g/mol. The zero-order valence-corrected chi connectivity index (χ0v) is 17.1. The van der Waals surface area contributed by atoms with Crippen molar-refractivity contribution in [3.05, 3.63) is 83.4 Å². The van der Waals surface area contributed by atoms with Crippen LogP contribution in [-0.4, -0.2) is 19.1 Å². The van der Waals surface area contributed by atoms with E-state index in [4.69, 9.17) is 5.02 Å².